The number of carbonyl (C=O) groups is 1. The van der Waals surface area contributed by atoms with E-state index < -0.39 is 0 Å². The second-order valence-corrected chi connectivity index (χ2v) is 7.23. The average Bonchev–Trinajstić information content (AvgIpc) is 2.65. The summed E-state index contributed by atoms with van der Waals surface area (Å²) >= 11 is 0. The lowest BCUT2D eigenvalue weighted by atomic mass is 9.87. The maximum absolute atomic E-state index is 11.4. The molecule has 0 unspecified atom stereocenters. The predicted octanol–water partition coefficient (Wildman–Crippen LogP) is 5.15. The van der Waals surface area contributed by atoms with Gasteiger partial charge in [-0.1, -0.05) is 51.1 Å². The van der Waals surface area contributed by atoms with Crippen LogP contribution in [0.25, 0.3) is 6.08 Å². The maximum Gasteiger partial charge on any atom is 0.330 e. The van der Waals surface area contributed by atoms with Crippen molar-refractivity contribution < 1.29 is 19.0 Å². The fourth-order valence-electron chi connectivity index (χ4n) is 2.52. The molecule has 0 bridgehead atoms. The highest BCUT2D eigenvalue weighted by Crippen LogP contribution is 2.29. The van der Waals surface area contributed by atoms with Crippen LogP contribution in [0.2, 0.25) is 0 Å². The largest absolute Gasteiger partial charge is 0.493 e. The van der Waals surface area contributed by atoms with Crippen molar-refractivity contribution in [2.45, 2.75) is 39.7 Å². The molecule has 0 aliphatic heterocycles. The molecule has 0 heterocycles. The Kier molecular flexibility index (Phi) is 7.05. The fraction of sp³-hybridized carbons (Fsp3) is 0.348. The van der Waals surface area contributed by atoms with Gasteiger partial charge < -0.3 is 14.2 Å². The first kappa shape index (κ1) is 20.6. The summed E-state index contributed by atoms with van der Waals surface area (Å²) in [4.78, 5) is 11.4. The third-order valence-electron chi connectivity index (χ3n) is 4.10. The molecule has 27 heavy (non-hydrogen) atoms. The van der Waals surface area contributed by atoms with Crippen molar-refractivity contribution >= 4 is 12.0 Å². The van der Waals surface area contributed by atoms with Crippen molar-refractivity contribution in [2.75, 3.05) is 13.7 Å². The minimum atomic E-state index is -0.365. The van der Waals surface area contributed by atoms with Crippen molar-refractivity contribution in [1.82, 2.24) is 0 Å². The molecule has 0 amide bonds. The highest BCUT2D eigenvalue weighted by atomic mass is 16.5. The predicted molar refractivity (Wildman–Crippen MR) is 108 cm³/mol. The quantitative estimate of drug-likeness (QED) is 0.501. The first-order valence-corrected chi connectivity index (χ1v) is 9.08. The first-order chi connectivity index (χ1) is 12.8. The summed E-state index contributed by atoms with van der Waals surface area (Å²) in [6.45, 7) is 9.18. The van der Waals surface area contributed by atoms with Crippen LogP contribution >= 0.6 is 0 Å². The van der Waals surface area contributed by atoms with Gasteiger partial charge in [0.25, 0.3) is 0 Å². The number of hydrogen-bond acceptors (Lipinski definition) is 4. The molecule has 4 nitrogen and oxygen atoms in total. The number of ether oxygens (including phenoxy) is 3. The molecule has 0 aliphatic rings. The van der Waals surface area contributed by atoms with Crippen LogP contribution in [0, 0.1) is 0 Å². The number of esters is 1. The van der Waals surface area contributed by atoms with E-state index in [1.54, 1.807) is 20.1 Å². The van der Waals surface area contributed by atoms with Gasteiger partial charge >= 0.3 is 5.97 Å². The van der Waals surface area contributed by atoms with Gasteiger partial charge in [0, 0.05) is 6.08 Å². The van der Waals surface area contributed by atoms with E-state index in [4.69, 9.17) is 14.2 Å². The van der Waals surface area contributed by atoms with Gasteiger partial charge in [-0.2, -0.15) is 0 Å². The lowest BCUT2D eigenvalue weighted by Crippen LogP contribution is -2.10. The first-order valence-electron chi connectivity index (χ1n) is 9.08. The van der Waals surface area contributed by atoms with Gasteiger partial charge in [-0.25, -0.2) is 4.79 Å². The molecular formula is C23H28O4. The normalized spacial score (nSPS) is 11.4. The Morgan fingerprint density at radius 2 is 1.74 bits per heavy atom. The Morgan fingerprint density at radius 1 is 1.04 bits per heavy atom. The summed E-state index contributed by atoms with van der Waals surface area (Å²) in [6, 6.07) is 14.0. The zero-order valence-corrected chi connectivity index (χ0v) is 16.7. The smallest absolute Gasteiger partial charge is 0.330 e. The Bertz CT molecular complexity index is 783. The Balaban J connectivity index is 2.05. The average molecular weight is 368 g/mol. The minimum Gasteiger partial charge on any atom is -0.493 e. The third kappa shape index (κ3) is 6.17. The zero-order valence-electron chi connectivity index (χ0n) is 16.7. The van der Waals surface area contributed by atoms with Gasteiger partial charge in [-0.15, -0.1) is 0 Å². The number of carbonyl (C=O) groups excluding carboxylic acids is 1. The summed E-state index contributed by atoms with van der Waals surface area (Å²) < 4.78 is 16.2. The second kappa shape index (κ2) is 9.26. The van der Waals surface area contributed by atoms with E-state index in [9.17, 15) is 4.79 Å². The van der Waals surface area contributed by atoms with E-state index >= 15 is 0 Å². The van der Waals surface area contributed by atoms with Gasteiger partial charge in [0.2, 0.25) is 0 Å². The second-order valence-electron chi connectivity index (χ2n) is 7.23. The van der Waals surface area contributed by atoms with Crippen LogP contribution < -0.4 is 9.47 Å². The van der Waals surface area contributed by atoms with E-state index in [1.807, 2.05) is 18.2 Å². The van der Waals surface area contributed by atoms with Crippen molar-refractivity contribution in [2.24, 2.45) is 0 Å². The van der Waals surface area contributed by atoms with Crippen LogP contribution in [0.3, 0.4) is 0 Å². The van der Waals surface area contributed by atoms with Gasteiger partial charge in [0.1, 0.15) is 6.61 Å². The summed E-state index contributed by atoms with van der Waals surface area (Å²) in [5, 5.41) is 0. The van der Waals surface area contributed by atoms with Gasteiger partial charge in [0.05, 0.1) is 13.7 Å². The van der Waals surface area contributed by atoms with E-state index in [0.717, 1.165) is 11.1 Å². The zero-order chi connectivity index (χ0) is 19.9. The minimum absolute atomic E-state index is 0.134. The highest BCUT2D eigenvalue weighted by Gasteiger charge is 2.13. The summed E-state index contributed by atoms with van der Waals surface area (Å²) in [5.74, 6) is 0.911. The lowest BCUT2D eigenvalue weighted by Gasteiger charge is -2.19. The topological polar surface area (TPSA) is 44.8 Å². The molecule has 0 aliphatic carbocycles. The van der Waals surface area contributed by atoms with Crippen molar-refractivity contribution in [3.05, 3.63) is 65.2 Å². The molecule has 0 fully saturated rings. The number of methoxy groups -OCH3 is 1. The molecule has 0 atom stereocenters. The van der Waals surface area contributed by atoms with Crippen LogP contribution in [0.15, 0.2) is 48.5 Å². The molecule has 0 aromatic heterocycles. The van der Waals surface area contributed by atoms with Gasteiger partial charge in [0.15, 0.2) is 11.5 Å². The molecule has 144 valence electrons. The van der Waals surface area contributed by atoms with Crippen LogP contribution in [0.1, 0.15) is 44.4 Å². The molecule has 2 aromatic rings. The molecule has 0 N–H and O–H groups in total. The van der Waals surface area contributed by atoms with E-state index in [-0.39, 0.29) is 11.4 Å². The fourth-order valence-corrected chi connectivity index (χ4v) is 2.52. The molecule has 2 rings (SSSR count). The maximum atomic E-state index is 11.4. The molecule has 0 saturated heterocycles. The molecule has 0 spiro atoms. The SMILES string of the molecule is CCOC(=O)/C=C/c1ccc(OCc2ccc(C(C)(C)C)cc2)c(OC)c1. The molecular weight excluding hydrogens is 340 g/mol. The van der Waals surface area contributed by atoms with Crippen molar-refractivity contribution in [3.8, 4) is 11.5 Å². The highest BCUT2D eigenvalue weighted by molar-refractivity contribution is 5.87. The number of hydrogen-bond donors (Lipinski definition) is 0. The Hall–Kier alpha value is -2.75. The lowest BCUT2D eigenvalue weighted by molar-refractivity contribution is -0.137. The Morgan fingerprint density at radius 3 is 2.33 bits per heavy atom. The summed E-state index contributed by atoms with van der Waals surface area (Å²) in [5.41, 5.74) is 3.36. The van der Waals surface area contributed by atoms with Crippen LogP contribution in [-0.2, 0) is 21.6 Å². The molecule has 0 radical (unpaired) electrons. The molecule has 0 saturated carbocycles. The molecule has 2 aromatic carbocycles. The van der Waals surface area contributed by atoms with Crippen LogP contribution in [0.4, 0.5) is 0 Å². The monoisotopic (exact) mass is 368 g/mol. The van der Waals surface area contributed by atoms with Gasteiger partial charge in [-0.3, -0.25) is 0 Å². The van der Waals surface area contributed by atoms with Crippen molar-refractivity contribution in [1.29, 1.82) is 0 Å². The van der Waals surface area contributed by atoms with Gasteiger partial charge in [-0.05, 0) is 47.2 Å². The molecule has 4 heteroatoms. The van der Waals surface area contributed by atoms with Crippen molar-refractivity contribution in [3.63, 3.8) is 0 Å². The van der Waals surface area contributed by atoms with E-state index in [2.05, 4.69) is 45.0 Å². The van der Waals surface area contributed by atoms with Crippen LogP contribution in [-0.4, -0.2) is 19.7 Å². The van der Waals surface area contributed by atoms with E-state index in [0.29, 0.717) is 24.7 Å². The number of rotatable bonds is 7. The Labute approximate surface area is 161 Å². The number of benzene rings is 2. The summed E-state index contributed by atoms with van der Waals surface area (Å²) in [6.07, 6.45) is 3.09. The summed E-state index contributed by atoms with van der Waals surface area (Å²) in [7, 11) is 1.60. The van der Waals surface area contributed by atoms with E-state index in [1.165, 1.54) is 11.6 Å². The standard InChI is InChI=1S/C23H28O4/c1-6-26-22(24)14-10-17-9-13-20(21(15-17)25-5)27-16-18-7-11-19(12-8-18)23(2,3)4/h7-15H,6,16H2,1-5H3/b14-10+. The van der Waals surface area contributed by atoms with Crippen LogP contribution in [0.5, 0.6) is 11.5 Å². The third-order valence-corrected chi connectivity index (χ3v) is 4.10.